The summed E-state index contributed by atoms with van der Waals surface area (Å²) in [4.78, 5) is 0. The number of benzene rings is 1. The van der Waals surface area contributed by atoms with Crippen LogP contribution in [0.5, 0.6) is 0 Å². The van der Waals surface area contributed by atoms with E-state index in [0.29, 0.717) is 6.42 Å². The molecule has 0 amide bonds. The van der Waals surface area contributed by atoms with Gasteiger partial charge in [-0.3, -0.25) is 0 Å². The highest BCUT2D eigenvalue weighted by molar-refractivity contribution is 6.93. The second-order valence-electron chi connectivity index (χ2n) is 4.54. The van der Waals surface area contributed by atoms with Crippen LogP contribution in [0.4, 0.5) is 0 Å². The van der Waals surface area contributed by atoms with Gasteiger partial charge in [-0.05, 0) is 12.8 Å². The summed E-state index contributed by atoms with van der Waals surface area (Å²) >= 11 is 0. The molecular weight excluding hydrogens is 210 g/mol. The number of unbranched alkanes of at least 4 members (excludes halogenated alkanes) is 2. The summed E-state index contributed by atoms with van der Waals surface area (Å²) in [6.45, 7) is 4.70. The van der Waals surface area contributed by atoms with E-state index >= 15 is 0 Å². The van der Waals surface area contributed by atoms with Crippen LogP contribution >= 0.6 is 0 Å². The average molecular weight is 229 g/mol. The van der Waals surface area contributed by atoms with Crippen LogP contribution in [0.3, 0.4) is 0 Å². The molecule has 0 N–H and O–H groups in total. The highest BCUT2D eigenvalue weighted by Gasteiger charge is 2.18. The Hall–Kier alpha value is -1.33. The fraction of sp³-hybridized carbons (Fsp3) is 0.357. The Morgan fingerprint density at radius 3 is 2.56 bits per heavy atom. The summed E-state index contributed by atoms with van der Waals surface area (Å²) < 4.78 is 0. The minimum absolute atomic E-state index is 0.664. The van der Waals surface area contributed by atoms with E-state index in [4.69, 9.17) is 5.26 Å². The summed E-state index contributed by atoms with van der Waals surface area (Å²) in [6, 6.07) is 12.9. The molecule has 0 aliphatic rings. The van der Waals surface area contributed by atoms with Crippen LogP contribution in [-0.2, 0) is 0 Å². The lowest BCUT2D eigenvalue weighted by atomic mass is 10.2. The third-order valence-electron chi connectivity index (χ3n) is 2.71. The summed E-state index contributed by atoms with van der Waals surface area (Å²) in [5.41, 5.74) is 2.37. The highest BCUT2D eigenvalue weighted by atomic mass is 28.3. The minimum atomic E-state index is -1.40. The molecular formula is C14H19NSi. The van der Waals surface area contributed by atoms with E-state index < -0.39 is 8.07 Å². The van der Waals surface area contributed by atoms with Gasteiger partial charge in [0.2, 0.25) is 0 Å². The lowest BCUT2D eigenvalue weighted by Gasteiger charge is -2.18. The van der Waals surface area contributed by atoms with Crippen molar-refractivity contribution in [3.63, 3.8) is 0 Å². The molecule has 0 aliphatic carbocycles. The van der Waals surface area contributed by atoms with Crippen LogP contribution in [0.25, 0.3) is 0 Å². The first-order valence-electron chi connectivity index (χ1n) is 5.77. The van der Waals surface area contributed by atoms with Crippen molar-refractivity contribution in [1.82, 2.24) is 0 Å². The maximum absolute atomic E-state index is 8.44. The molecule has 84 valence electrons. The van der Waals surface area contributed by atoms with Gasteiger partial charge in [-0.25, -0.2) is 0 Å². The summed E-state index contributed by atoms with van der Waals surface area (Å²) in [7, 11) is -1.40. The van der Waals surface area contributed by atoms with Crippen LogP contribution < -0.4 is 5.19 Å². The molecule has 0 spiro atoms. The van der Waals surface area contributed by atoms with Crippen molar-refractivity contribution in [3.05, 3.63) is 42.1 Å². The van der Waals surface area contributed by atoms with Crippen molar-refractivity contribution >= 4 is 13.3 Å². The third-order valence-corrected chi connectivity index (χ3v) is 5.60. The van der Waals surface area contributed by atoms with Crippen molar-refractivity contribution in [2.45, 2.75) is 32.4 Å². The van der Waals surface area contributed by atoms with Gasteiger partial charge in [0.15, 0.2) is 0 Å². The maximum atomic E-state index is 8.44. The molecule has 0 radical (unpaired) electrons. The first kappa shape index (κ1) is 12.7. The van der Waals surface area contributed by atoms with Gasteiger partial charge in [0.05, 0.1) is 6.07 Å². The van der Waals surface area contributed by atoms with Crippen LogP contribution in [0, 0.1) is 11.3 Å². The second kappa shape index (κ2) is 6.29. The molecule has 0 unspecified atom stereocenters. The number of hydrogen-bond donors (Lipinski definition) is 0. The molecule has 0 aliphatic heterocycles. The Morgan fingerprint density at radius 1 is 1.25 bits per heavy atom. The zero-order chi connectivity index (χ0) is 11.9. The quantitative estimate of drug-likeness (QED) is 0.561. The Labute approximate surface area is 99.4 Å². The van der Waals surface area contributed by atoms with Crippen LogP contribution in [0.15, 0.2) is 42.1 Å². The van der Waals surface area contributed by atoms with E-state index in [0.717, 1.165) is 12.8 Å². The first-order valence-corrected chi connectivity index (χ1v) is 8.85. The smallest absolute Gasteiger partial charge is 0.103 e. The SMILES string of the molecule is C[Si](C)(/C=C/CCCC#N)c1ccccc1. The Morgan fingerprint density at radius 2 is 1.94 bits per heavy atom. The third kappa shape index (κ3) is 4.04. The lowest BCUT2D eigenvalue weighted by Crippen LogP contribution is -2.39. The first-order chi connectivity index (χ1) is 7.67. The maximum Gasteiger partial charge on any atom is 0.103 e. The Balaban J connectivity index is 2.55. The van der Waals surface area contributed by atoms with Gasteiger partial charge in [-0.2, -0.15) is 5.26 Å². The molecule has 1 nitrogen and oxygen atoms in total. The summed E-state index contributed by atoms with van der Waals surface area (Å²) in [6.07, 6.45) is 4.91. The van der Waals surface area contributed by atoms with Crippen LogP contribution in [-0.4, -0.2) is 8.07 Å². The fourth-order valence-corrected chi connectivity index (χ4v) is 3.64. The highest BCUT2D eigenvalue weighted by Crippen LogP contribution is 2.06. The molecule has 0 aromatic heterocycles. The Bertz CT molecular complexity index is 373. The number of rotatable bonds is 5. The number of nitrogens with zero attached hydrogens (tertiary/aromatic N) is 1. The van der Waals surface area contributed by atoms with E-state index in [9.17, 15) is 0 Å². The number of hydrogen-bond acceptors (Lipinski definition) is 1. The molecule has 0 heterocycles. The molecule has 2 heteroatoms. The van der Waals surface area contributed by atoms with E-state index in [2.05, 4.69) is 61.3 Å². The number of allylic oxidation sites excluding steroid dienone is 1. The molecule has 0 fully saturated rings. The molecule has 1 rings (SSSR count). The van der Waals surface area contributed by atoms with Gasteiger partial charge in [0, 0.05) is 6.42 Å². The van der Waals surface area contributed by atoms with E-state index in [1.807, 2.05) is 0 Å². The normalized spacial score (nSPS) is 11.6. The zero-order valence-corrected chi connectivity index (χ0v) is 11.1. The largest absolute Gasteiger partial charge is 0.198 e. The number of nitriles is 1. The van der Waals surface area contributed by atoms with E-state index in [-0.39, 0.29) is 0 Å². The van der Waals surface area contributed by atoms with Crippen molar-refractivity contribution < 1.29 is 0 Å². The van der Waals surface area contributed by atoms with Gasteiger partial charge in [0.1, 0.15) is 8.07 Å². The van der Waals surface area contributed by atoms with E-state index in [1.165, 1.54) is 5.19 Å². The van der Waals surface area contributed by atoms with Gasteiger partial charge >= 0.3 is 0 Å². The monoisotopic (exact) mass is 229 g/mol. The molecule has 0 saturated heterocycles. The van der Waals surface area contributed by atoms with Crippen molar-refractivity contribution in [1.29, 1.82) is 5.26 Å². The molecule has 1 aromatic carbocycles. The zero-order valence-electron chi connectivity index (χ0n) is 10.1. The van der Waals surface area contributed by atoms with Gasteiger partial charge < -0.3 is 0 Å². The molecule has 0 saturated carbocycles. The molecule has 0 atom stereocenters. The predicted molar refractivity (Wildman–Crippen MR) is 72.2 cm³/mol. The van der Waals surface area contributed by atoms with Crippen LogP contribution in [0.2, 0.25) is 13.1 Å². The van der Waals surface area contributed by atoms with Gasteiger partial charge in [-0.15, -0.1) is 0 Å². The fourth-order valence-electron chi connectivity index (χ4n) is 1.64. The Kier molecular flexibility index (Phi) is 5.01. The van der Waals surface area contributed by atoms with E-state index in [1.54, 1.807) is 0 Å². The lowest BCUT2D eigenvalue weighted by molar-refractivity contribution is 0.877. The molecule has 1 aromatic rings. The standard InChI is InChI=1S/C14H19NSi/c1-16(2,13-9-4-3-8-12-15)14-10-6-5-7-11-14/h5-7,9-11,13H,3-4,8H2,1-2H3/b13-9+. The minimum Gasteiger partial charge on any atom is -0.198 e. The van der Waals surface area contributed by atoms with Crippen molar-refractivity contribution in [2.75, 3.05) is 0 Å². The topological polar surface area (TPSA) is 23.8 Å². The summed E-state index contributed by atoms with van der Waals surface area (Å²) in [5.74, 6) is 0. The van der Waals surface area contributed by atoms with Crippen LogP contribution in [0.1, 0.15) is 19.3 Å². The average Bonchev–Trinajstić information content (AvgIpc) is 2.30. The van der Waals surface area contributed by atoms with Crippen molar-refractivity contribution in [3.8, 4) is 6.07 Å². The predicted octanol–water partition coefficient (Wildman–Crippen LogP) is 3.39. The second-order valence-corrected chi connectivity index (χ2v) is 8.89. The van der Waals surface area contributed by atoms with Gasteiger partial charge in [-0.1, -0.05) is 60.4 Å². The van der Waals surface area contributed by atoms with Gasteiger partial charge in [0.25, 0.3) is 0 Å². The molecule has 0 bridgehead atoms. The van der Waals surface area contributed by atoms with Crippen molar-refractivity contribution in [2.24, 2.45) is 0 Å². The molecule has 16 heavy (non-hydrogen) atoms. The summed E-state index contributed by atoms with van der Waals surface area (Å²) in [5, 5.41) is 9.90.